The number of hydrogen-bond acceptors (Lipinski definition) is 2. The molecular weight excluding hydrogens is 171 g/mol. The summed E-state index contributed by atoms with van der Waals surface area (Å²) in [5.41, 5.74) is 11.1. The molecule has 0 fully saturated rings. The minimum Gasteiger partial charge on any atom is -0.399 e. The van der Waals surface area contributed by atoms with Crippen LogP contribution < -0.4 is 11.5 Å². The molecule has 0 aliphatic heterocycles. The fraction of sp³-hybridized carbons (Fsp3) is 0. The smallest absolute Gasteiger partial charge is 0.241 e. The zero-order valence-corrected chi connectivity index (χ0v) is 6.83. The van der Waals surface area contributed by atoms with Crippen LogP contribution in [-0.4, -0.2) is 5.91 Å². The zero-order valence-electron chi connectivity index (χ0n) is 6.83. The first-order valence-corrected chi connectivity index (χ1v) is 3.61. The van der Waals surface area contributed by atoms with Crippen molar-refractivity contribution >= 4 is 17.7 Å². The monoisotopic (exact) mass is 180 g/mol. The first-order valence-electron chi connectivity index (χ1n) is 3.61. The number of halogens is 1. The standard InChI is InChI=1S/C9H9FN2O/c10-7-3-6(1-2-9(12)13)4-8(11)5-7/h1-5H,11H2,(H2,12,13). The van der Waals surface area contributed by atoms with Crippen molar-refractivity contribution in [1.29, 1.82) is 0 Å². The predicted molar refractivity (Wildman–Crippen MR) is 49.0 cm³/mol. The van der Waals surface area contributed by atoms with Crippen LogP contribution in [-0.2, 0) is 4.79 Å². The maximum atomic E-state index is 12.7. The molecule has 1 amide bonds. The van der Waals surface area contributed by atoms with Gasteiger partial charge in [-0.15, -0.1) is 0 Å². The lowest BCUT2D eigenvalue weighted by Crippen LogP contribution is -2.05. The van der Waals surface area contributed by atoms with E-state index in [1.54, 1.807) is 6.07 Å². The van der Waals surface area contributed by atoms with E-state index in [-0.39, 0.29) is 0 Å². The summed E-state index contributed by atoms with van der Waals surface area (Å²) >= 11 is 0. The normalized spacial score (nSPS) is 10.5. The van der Waals surface area contributed by atoms with E-state index >= 15 is 0 Å². The van der Waals surface area contributed by atoms with E-state index in [0.29, 0.717) is 11.3 Å². The first kappa shape index (κ1) is 9.25. The van der Waals surface area contributed by atoms with Crippen LogP contribution in [0, 0.1) is 5.82 Å². The Morgan fingerprint density at radius 3 is 2.62 bits per heavy atom. The Morgan fingerprint density at radius 2 is 2.08 bits per heavy atom. The summed E-state index contributed by atoms with van der Waals surface area (Å²) < 4.78 is 12.7. The summed E-state index contributed by atoms with van der Waals surface area (Å²) in [6.07, 6.45) is 2.55. The summed E-state index contributed by atoms with van der Waals surface area (Å²) in [6, 6.07) is 4.00. The molecule has 0 saturated carbocycles. The quantitative estimate of drug-likeness (QED) is 0.524. The second kappa shape index (κ2) is 3.71. The molecule has 0 unspecified atom stereocenters. The fourth-order valence-corrected chi connectivity index (χ4v) is 0.910. The van der Waals surface area contributed by atoms with Gasteiger partial charge in [-0.25, -0.2) is 4.39 Å². The minimum atomic E-state index is -0.581. The van der Waals surface area contributed by atoms with Crippen LogP contribution in [0.25, 0.3) is 6.08 Å². The minimum absolute atomic E-state index is 0.309. The molecule has 68 valence electrons. The number of carbonyl (C=O) groups is 1. The van der Waals surface area contributed by atoms with Gasteiger partial charge < -0.3 is 11.5 Å². The Hall–Kier alpha value is -1.84. The van der Waals surface area contributed by atoms with Crippen molar-refractivity contribution in [2.24, 2.45) is 5.73 Å². The van der Waals surface area contributed by atoms with E-state index in [4.69, 9.17) is 11.5 Å². The highest BCUT2D eigenvalue weighted by molar-refractivity contribution is 5.90. The lowest BCUT2D eigenvalue weighted by atomic mass is 10.2. The van der Waals surface area contributed by atoms with Gasteiger partial charge in [0.1, 0.15) is 5.82 Å². The molecule has 0 spiro atoms. The van der Waals surface area contributed by atoms with Crippen LogP contribution in [0.5, 0.6) is 0 Å². The molecule has 13 heavy (non-hydrogen) atoms. The van der Waals surface area contributed by atoms with Gasteiger partial charge in [-0.1, -0.05) is 0 Å². The van der Waals surface area contributed by atoms with E-state index in [1.165, 1.54) is 18.2 Å². The van der Waals surface area contributed by atoms with Crippen molar-refractivity contribution in [3.8, 4) is 0 Å². The molecule has 0 aliphatic carbocycles. The molecule has 0 aliphatic rings. The van der Waals surface area contributed by atoms with Crippen molar-refractivity contribution in [2.45, 2.75) is 0 Å². The van der Waals surface area contributed by atoms with Crippen molar-refractivity contribution in [3.05, 3.63) is 35.7 Å². The number of amides is 1. The van der Waals surface area contributed by atoms with Gasteiger partial charge in [0.2, 0.25) is 5.91 Å². The molecule has 0 aromatic heterocycles. The zero-order chi connectivity index (χ0) is 9.84. The molecule has 0 radical (unpaired) electrons. The third kappa shape index (κ3) is 2.94. The number of nitrogen functional groups attached to an aromatic ring is 1. The summed E-state index contributed by atoms with van der Waals surface area (Å²) in [7, 11) is 0. The summed E-state index contributed by atoms with van der Waals surface area (Å²) in [5, 5.41) is 0. The predicted octanol–water partition coefficient (Wildman–Crippen LogP) is 0.906. The van der Waals surface area contributed by atoms with Crippen molar-refractivity contribution in [1.82, 2.24) is 0 Å². The molecule has 4 N–H and O–H groups in total. The SMILES string of the molecule is NC(=O)C=Cc1cc(N)cc(F)c1. The van der Waals surface area contributed by atoms with E-state index in [1.807, 2.05) is 0 Å². The molecule has 0 atom stereocenters. The summed E-state index contributed by atoms with van der Waals surface area (Å²) in [6.45, 7) is 0. The summed E-state index contributed by atoms with van der Waals surface area (Å²) in [5.74, 6) is -1.02. The van der Waals surface area contributed by atoms with Crippen LogP contribution in [0.1, 0.15) is 5.56 Å². The number of nitrogens with two attached hydrogens (primary N) is 2. The first-order chi connectivity index (χ1) is 6.08. The molecule has 1 rings (SSSR count). The number of hydrogen-bond donors (Lipinski definition) is 2. The lowest BCUT2D eigenvalue weighted by Gasteiger charge is -1.96. The van der Waals surface area contributed by atoms with Crippen molar-refractivity contribution in [2.75, 3.05) is 5.73 Å². The number of benzene rings is 1. The van der Waals surface area contributed by atoms with E-state index in [0.717, 1.165) is 6.08 Å². The number of primary amides is 1. The fourth-order valence-electron chi connectivity index (χ4n) is 0.910. The molecule has 4 heteroatoms. The Morgan fingerprint density at radius 1 is 1.38 bits per heavy atom. The average molecular weight is 180 g/mol. The lowest BCUT2D eigenvalue weighted by molar-refractivity contribution is -0.113. The molecular formula is C9H9FN2O. The summed E-state index contributed by atoms with van der Waals surface area (Å²) in [4.78, 5) is 10.4. The molecule has 0 bridgehead atoms. The van der Waals surface area contributed by atoms with Gasteiger partial charge in [0, 0.05) is 11.8 Å². The molecule has 0 saturated heterocycles. The Kier molecular flexibility index (Phi) is 2.64. The van der Waals surface area contributed by atoms with Crippen LogP contribution in [0.3, 0.4) is 0 Å². The van der Waals surface area contributed by atoms with E-state index in [2.05, 4.69) is 0 Å². The maximum absolute atomic E-state index is 12.7. The van der Waals surface area contributed by atoms with Gasteiger partial charge in [-0.3, -0.25) is 4.79 Å². The van der Waals surface area contributed by atoms with Crippen molar-refractivity contribution in [3.63, 3.8) is 0 Å². The van der Waals surface area contributed by atoms with Crippen LogP contribution in [0.4, 0.5) is 10.1 Å². The third-order valence-corrected chi connectivity index (χ3v) is 1.38. The Bertz CT molecular complexity index is 340. The molecule has 1 aromatic rings. The number of carbonyl (C=O) groups excluding carboxylic acids is 1. The number of anilines is 1. The highest BCUT2D eigenvalue weighted by Gasteiger charge is 1.95. The molecule has 0 heterocycles. The molecule has 3 nitrogen and oxygen atoms in total. The second-order valence-corrected chi connectivity index (χ2v) is 2.55. The van der Waals surface area contributed by atoms with Gasteiger partial charge in [0.05, 0.1) is 0 Å². The Labute approximate surface area is 74.8 Å². The van der Waals surface area contributed by atoms with Gasteiger partial charge in [-0.05, 0) is 29.8 Å². The van der Waals surface area contributed by atoms with E-state index in [9.17, 15) is 9.18 Å². The van der Waals surface area contributed by atoms with Gasteiger partial charge >= 0.3 is 0 Å². The van der Waals surface area contributed by atoms with E-state index < -0.39 is 11.7 Å². The van der Waals surface area contributed by atoms with Crippen LogP contribution in [0.15, 0.2) is 24.3 Å². The van der Waals surface area contributed by atoms with Crippen molar-refractivity contribution < 1.29 is 9.18 Å². The average Bonchev–Trinajstić information content (AvgIpc) is 1.99. The highest BCUT2D eigenvalue weighted by Crippen LogP contribution is 2.11. The third-order valence-electron chi connectivity index (χ3n) is 1.38. The largest absolute Gasteiger partial charge is 0.399 e. The Balaban J connectivity index is 2.95. The topological polar surface area (TPSA) is 69.1 Å². The molecule has 1 aromatic carbocycles. The maximum Gasteiger partial charge on any atom is 0.241 e. The number of rotatable bonds is 2. The van der Waals surface area contributed by atoms with Gasteiger partial charge in [0.15, 0.2) is 0 Å². The van der Waals surface area contributed by atoms with Gasteiger partial charge in [-0.2, -0.15) is 0 Å². The second-order valence-electron chi connectivity index (χ2n) is 2.55. The highest BCUT2D eigenvalue weighted by atomic mass is 19.1. The van der Waals surface area contributed by atoms with Crippen LogP contribution >= 0.6 is 0 Å². The van der Waals surface area contributed by atoms with Gasteiger partial charge in [0.25, 0.3) is 0 Å². The van der Waals surface area contributed by atoms with Crippen LogP contribution in [0.2, 0.25) is 0 Å².